The predicted molar refractivity (Wildman–Crippen MR) is 130 cm³/mol. The molecule has 0 saturated heterocycles. The van der Waals surface area contributed by atoms with Gasteiger partial charge in [0.2, 0.25) is 5.88 Å². The van der Waals surface area contributed by atoms with Crippen LogP contribution < -0.4 is 9.47 Å². The Morgan fingerprint density at radius 3 is 2.84 bits per heavy atom. The zero-order chi connectivity index (χ0) is 21.6. The highest BCUT2D eigenvalue weighted by atomic mass is 127. The van der Waals surface area contributed by atoms with Crippen molar-refractivity contribution in [2.75, 3.05) is 7.11 Å². The molecule has 0 aliphatic carbocycles. The summed E-state index contributed by atoms with van der Waals surface area (Å²) in [5.74, 6) is 7.91. The molecule has 0 unspecified atom stereocenters. The summed E-state index contributed by atoms with van der Waals surface area (Å²) in [6, 6.07) is 16.1. The molecule has 0 N–H and O–H groups in total. The zero-order valence-electron chi connectivity index (χ0n) is 17.4. The number of methoxy groups -OCH3 is 1. The Kier molecular flexibility index (Phi) is 6.73. The van der Waals surface area contributed by atoms with Gasteiger partial charge in [0.25, 0.3) is 0 Å². The van der Waals surface area contributed by atoms with Crippen molar-refractivity contribution in [2.24, 2.45) is 0 Å². The maximum atomic E-state index is 6.02. The first-order valence-electron chi connectivity index (χ1n) is 10.0. The Bertz CT molecular complexity index is 1270. The molecular formula is C25H22IN3O2. The highest BCUT2D eigenvalue weighted by Crippen LogP contribution is 2.24. The number of halogens is 1. The van der Waals surface area contributed by atoms with Crippen molar-refractivity contribution in [3.8, 4) is 23.5 Å². The van der Waals surface area contributed by atoms with Crippen molar-refractivity contribution in [1.29, 1.82) is 0 Å². The van der Waals surface area contributed by atoms with Gasteiger partial charge in [-0.3, -0.25) is 4.68 Å². The summed E-state index contributed by atoms with van der Waals surface area (Å²) < 4.78 is 14.3. The number of ether oxygens (including phenoxy) is 2. The van der Waals surface area contributed by atoms with Crippen LogP contribution in [0.2, 0.25) is 0 Å². The van der Waals surface area contributed by atoms with Gasteiger partial charge in [-0.2, -0.15) is 5.10 Å². The number of hydrogen-bond donors (Lipinski definition) is 0. The summed E-state index contributed by atoms with van der Waals surface area (Å²) in [4.78, 5) is 4.33. The average Bonchev–Trinajstić information content (AvgIpc) is 3.18. The first-order valence-corrected chi connectivity index (χ1v) is 11.1. The van der Waals surface area contributed by atoms with E-state index in [4.69, 9.17) is 9.47 Å². The van der Waals surface area contributed by atoms with E-state index in [1.54, 1.807) is 13.3 Å². The summed E-state index contributed by atoms with van der Waals surface area (Å²) in [6.07, 6.45) is 4.42. The van der Waals surface area contributed by atoms with Gasteiger partial charge < -0.3 is 9.47 Å². The highest BCUT2D eigenvalue weighted by Gasteiger charge is 2.11. The SMILES string of the molecule is CCC#Cc1cc2cnn(Cc3cccc(OC)c3)c2cc1COc1ncccc1I. The first kappa shape index (κ1) is 21.2. The van der Waals surface area contributed by atoms with E-state index in [-0.39, 0.29) is 0 Å². The van der Waals surface area contributed by atoms with Crippen molar-refractivity contribution in [2.45, 2.75) is 26.5 Å². The van der Waals surface area contributed by atoms with E-state index in [2.05, 4.69) is 62.7 Å². The predicted octanol–water partition coefficient (Wildman–Crippen LogP) is 5.43. The molecule has 0 amide bonds. The number of pyridine rings is 1. The summed E-state index contributed by atoms with van der Waals surface area (Å²) in [7, 11) is 1.68. The Balaban J connectivity index is 1.69. The lowest BCUT2D eigenvalue weighted by atomic mass is 10.1. The molecule has 0 atom stereocenters. The second kappa shape index (κ2) is 9.84. The lowest BCUT2D eigenvalue weighted by Crippen LogP contribution is -2.04. The van der Waals surface area contributed by atoms with Crippen molar-refractivity contribution in [3.63, 3.8) is 0 Å². The molecule has 2 aromatic heterocycles. The highest BCUT2D eigenvalue weighted by molar-refractivity contribution is 14.1. The third kappa shape index (κ3) is 5.00. The lowest BCUT2D eigenvalue weighted by Gasteiger charge is -2.11. The van der Waals surface area contributed by atoms with Crippen LogP contribution in [0.1, 0.15) is 30.0 Å². The van der Waals surface area contributed by atoms with Crippen LogP contribution in [0.3, 0.4) is 0 Å². The van der Waals surface area contributed by atoms with Crippen LogP contribution >= 0.6 is 22.6 Å². The minimum atomic E-state index is 0.390. The van der Waals surface area contributed by atoms with Crippen LogP contribution in [0, 0.1) is 15.4 Å². The molecule has 0 saturated carbocycles. The van der Waals surface area contributed by atoms with Crippen molar-refractivity contribution in [3.05, 3.63) is 81.2 Å². The number of hydrogen-bond acceptors (Lipinski definition) is 4. The van der Waals surface area contributed by atoms with Crippen molar-refractivity contribution < 1.29 is 9.47 Å². The smallest absolute Gasteiger partial charge is 0.227 e. The fourth-order valence-electron chi connectivity index (χ4n) is 3.28. The van der Waals surface area contributed by atoms with E-state index in [9.17, 15) is 0 Å². The summed E-state index contributed by atoms with van der Waals surface area (Å²) in [5.41, 5.74) is 4.14. The third-order valence-electron chi connectivity index (χ3n) is 4.82. The fraction of sp³-hybridized carbons (Fsp3) is 0.200. The molecule has 4 rings (SSSR count). The van der Waals surface area contributed by atoms with Crippen LogP contribution in [-0.2, 0) is 13.2 Å². The molecule has 0 spiro atoms. The van der Waals surface area contributed by atoms with Crippen molar-refractivity contribution >= 4 is 33.5 Å². The van der Waals surface area contributed by atoms with Crippen LogP contribution in [0.5, 0.6) is 11.6 Å². The Hall–Kier alpha value is -3.05. The molecule has 0 fully saturated rings. The minimum absolute atomic E-state index is 0.390. The van der Waals surface area contributed by atoms with Gasteiger partial charge in [0.15, 0.2) is 0 Å². The van der Waals surface area contributed by atoms with E-state index in [1.807, 2.05) is 48.1 Å². The van der Waals surface area contributed by atoms with Gasteiger partial charge in [0.1, 0.15) is 12.4 Å². The normalized spacial score (nSPS) is 10.5. The molecule has 0 aliphatic rings. The number of fused-ring (bicyclic) bond motifs is 1. The van der Waals surface area contributed by atoms with Gasteiger partial charge in [-0.1, -0.05) is 30.9 Å². The van der Waals surface area contributed by atoms with Gasteiger partial charge in [0.05, 0.1) is 28.9 Å². The van der Waals surface area contributed by atoms with Crippen LogP contribution in [0.25, 0.3) is 10.9 Å². The maximum Gasteiger partial charge on any atom is 0.227 e. The van der Waals surface area contributed by atoms with Gasteiger partial charge in [-0.25, -0.2) is 4.98 Å². The fourth-order valence-corrected chi connectivity index (χ4v) is 3.78. The second-order valence-corrected chi connectivity index (χ2v) is 8.12. The van der Waals surface area contributed by atoms with Crippen LogP contribution in [-0.4, -0.2) is 21.9 Å². The Morgan fingerprint density at radius 1 is 1.13 bits per heavy atom. The van der Waals surface area contributed by atoms with Gasteiger partial charge in [-0.05, 0) is 64.6 Å². The quantitative estimate of drug-likeness (QED) is 0.250. The number of nitrogens with zero attached hydrogens (tertiary/aromatic N) is 3. The lowest BCUT2D eigenvalue weighted by molar-refractivity contribution is 0.291. The maximum absolute atomic E-state index is 6.02. The molecule has 2 aromatic carbocycles. The van der Waals surface area contributed by atoms with Crippen molar-refractivity contribution in [1.82, 2.24) is 14.8 Å². The molecule has 4 aromatic rings. The molecule has 5 nitrogen and oxygen atoms in total. The topological polar surface area (TPSA) is 49.2 Å². The molecular weight excluding hydrogens is 501 g/mol. The second-order valence-electron chi connectivity index (χ2n) is 6.96. The number of rotatable bonds is 6. The molecule has 0 aliphatic heterocycles. The first-order chi connectivity index (χ1) is 15.2. The van der Waals surface area contributed by atoms with E-state index in [0.717, 1.165) is 43.3 Å². The van der Waals surface area contributed by atoms with E-state index >= 15 is 0 Å². The largest absolute Gasteiger partial charge is 0.497 e. The standard InChI is InChI=1S/C25H22IN3O2/c1-3-4-8-19-13-20-15-28-29(16-18-7-5-9-22(12-18)30-2)24(20)14-21(19)17-31-25-23(26)10-6-11-27-25/h5-7,9-15H,3,16-17H2,1-2H3. The van der Waals surface area contributed by atoms with Crippen LogP contribution in [0.4, 0.5) is 0 Å². The zero-order valence-corrected chi connectivity index (χ0v) is 19.6. The summed E-state index contributed by atoms with van der Waals surface area (Å²) in [6.45, 7) is 3.09. The number of benzene rings is 2. The molecule has 6 heteroatoms. The monoisotopic (exact) mass is 523 g/mol. The minimum Gasteiger partial charge on any atom is -0.497 e. The molecule has 156 valence electrons. The Labute approximate surface area is 195 Å². The van der Waals surface area contributed by atoms with Crippen LogP contribution in [0.15, 0.2) is 60.9 Å². The van der Waals surface area contributed by atoms with Gasteiger partial charge >= 0.3 is 0 Å². The molecule has 31 heavy (non-hydrogen) atoms. The molecule has 0 bridgehead atoms. The number of aromatic nitrogens is 3. The van der Waals surface area contributed by atoms with E-state index in [1.165, 1.54) is 0 Å². The Morgan fingerprint density at radius 2 is 2.03 bits per heavy atom. The molecule has 2 heterocycles. The average molecular weight is 523 g/mol. The molecule has 0 radical (unpaired) electrons. The van der Waals surface area contributed by atoms with Gasteiger partial charge in [-0.15, -0.1) is 0 Å². The summed E-state index contributed by atoms with van der Waals surface area (Å²) in [5, 5.41) is 5.67. The third-order valence-corrected chi connectivity index (χ3v) is 5.64. The summed E-state index contributed by atoms with van der Waals surface area (Å²) >= 11 is 2.23. The van der Waals surface area contributed by atoms with Gasteiger partial charge in [0, 0.05) is 29.1 Å². The van der Waals surface area contributed by atoms with E-state index in [0.29, 0.717) is 19.0 Å². The van der Waals surface area contributed by atoms with E-state index < -0.39 is 0 Å².